The number of hydrogen-bond acceptors (Lipinski definition) is 2. The molecule has 0 aliphatic carbocycles. The fraction of sp³-hybridized carbons (Fsp3) is 0.500. The highest BCUT2D eigenvalue weighted by molar-refractivity contribution is 7.80. The first-order valence-corrected chi connectivity index (χ1v) is 5.74. The van der Waals surface area contributed by atoms with E-state index in [2.05, 4.69) is 50.7 Å². The van der Waals surface area contributed by atoms with Crippen molar-refractivity contribution in [2.75, 3.05) is 0 Å². The Morgan fingerprint density at radius 2 is 1.57 bits per heavy atom. The molecule has 14 heavy (non-hydrogen) atoms. The first-order valence-electron chi connectivity index (χ1n) is 5.22. The molecule has 0 bridgehead atoms. The molecule has 0 aliphatic rings. The summed E-state index contributed by atoms with van der Waals surface area (Å²) in [5.41, 5.74) is 8.43. The van der Waals surface area contributed by atoms with Crippen LogP contribution < -0.4 is 5.73 Å². The van der Waals surface area contributed by atoms with Gasteiger partial charge in [-0.15, -0.1) is 0 Å². The van der Waals surface area contributed by atoms with Crippen LogP contribution in [0.15, 0.2) is 24.3 Å². The minimum absolute atomic E-state index is 0.170. The zero-order valence-corrected chi connectivity index (χ0v) is 9.80. The molecular weight excluding hydrogens is 190 g/mol. The molecule has 0 saturated heterocycles. The lowest BCUT2D eigenvalue weighted by atomic mass is 10.0. The minimum Gasteiger partial charge on any atom is -0.324 e. The lowest BCUT2D eigenvalue weighted by Gasteiger charge is -2.12. The van der Waals surface area contributed by atoms with Gasteiger partial charge in [-0.1, -0.05) is 38.1 Å². The second-order valence-corrected chi connectivity index (χ2v) is 4.23. The molecule has 1 aromatic rings. The van der Waals surface area contributed by atoms with Gasteiger partial charge in [0.1, 0.15) is 0 Å². The van der Waals surface area contributed by atoms with Crippen LogP contribution in [0.2, 0.25) is 0 Å². The molecule has 0 heterocycles. The van der Waals surface area contributed by atoms with Crippen LogP contribution in [0.3, 0.4) is 0 Å². The normalized spacial score (nSPS) is 15.1. The van der Waals surface area contributed by atoms with Crippen LogP contribution in [0.4, 0.5) is 0 Å². The molecule has 2 atom stereocenters. The summed E-state index contributed by atoms with van der Waals surface area (Å²) >= 11 is 4.50. The standard InChI is InChI=1S/C12H19NS/c1-3-11(13)9-5-7-10(8-6-9)12(14)4-2/h5-8,11-12,14H,3-4,13H2,1-2H3. The highest BCUT2D eigenvalue weighted by Gasteiger charge is 2.05. The van der Waals surface area contributed by atoms with E-state index in [1.54, 1.807) is 0 Å². The summed E-state index contributed by atoms with van der Waals surface area (Å²) in [6, 6.07) is 8.66. The predicted octanol–water partition coefficient (Wildman–Crippen LogP) is 3.48. The molecule has 0 saturated carbocycles. The smallest absolute Gasteiger partial charge is 0.0292 e. The van der Waals surface area contributed by atoms with Gasteiger partial charge in [0.2, 0.25) is 0 Å². The maximum atomic E-state index is 5.93. The number of thiol groups is 1. The van der Waals surface area contributed by atoms with Crippen LogP contribution in [0, 0.1) is 0 Å². The average molecular weight is 209 g/mol. The van der Waals surface area contributed by atoms with Crippen molar-refractivity contribution in [3.63, 3.8) is 0 Å². The molecule has 0 fully saturated rings. The van der Waals surface area contributed by atoms with Crippen molar-refractivity contribution in [2.45, 2.75) is 38.0 Å². The monoisotopic (exact) mass is 209 g/mol. The summed E-state index contributed by atoms with van der Waals surface area (Å²) in [6.45, 7) is 4.25. The fourth-order valence-corrected chi connectivity index (χ4v) is 1.61. The van der Waals surface area contributed by atoms with E-state index >= 15 is 0 Å². The molecule has 2 heteroatoms. The maximum absolute atomic E-state index is 5.93. The van der Waals surface area contributed by atoms with Crippen LogP contribution in [-0.4, -0.2) is 0 Å². The quantitative estimate of drug-likeness (QED) is 0.730. The van der Waals surface area contributed by atoms with E-state index in [-0.39, 0.29) is 6.04 Å². The third kappa shape index (κ3) is 2.76. The Balaban J connectivity index is 2.78. The van der Waals surface area contributed by atoms with Crippen LogP contribution in [0.5, 0.6) is 0 Å². The summed E-state index contributed by atoms with van der Waals surface area (Å²) in [6.07, 6.45) is 2.04. The second-order valence-electron chi connectivity index (χ2n) is 3.61. The molecule has 2 N–H and O–H groups in total. The van der Waals surface area contributed by atoms with Gasteiger partial charge in [-0.05, 0) is 24.0 Å². The zero-order chi connectivity index (χ0) is 10.6. The first-order chi connectivity index (χ1) is 6.69. The van der Waals surface area contributed by atoms with Crippen LogP contribution in [0.1, 0.15) is 49.1 Å². The molecule has 0 aliphatic heterocycles. The molecule has 1 rings (SSSR count). The summed E-state index contributed by atoms with van der Waals surface area (Å²) in [5.74, 6) is 0. The summed E-state index contributed by atoms with van der Waals surface area (Å²) < 4.78 is 0. The highest BCUT2D eigenvalue weighted by Crippen LogP contribution is 2.24. The van der Waals surface area contributed by atoms with Crippen molar-refractivity contribution < 1.29 is 0 Å². The van der Waals surface area contributed by atoms with E-state index < -0.39 is 0 Å². The van der Waals surface area contributed by atoms with Gasteiger partial charge in [0, 0.05) is 11.3 Å². The Labute approximate surface area is 92.1 Å². The van der Waals surface area contributed by atoms with Crippen LogP contribution in [0.25, 0.3) is 0 Å². The van der Waals surface area contributed by atoms with Gasteiger partial charge in [-0.3, -0.25) is 0 Å². The molecule has 1 nitrogen and oxygen atoms in total. The maximum Gasteiger partial charge on any atom is 0.0292 e. The van der Waals surface area contributed by atoms with Crippen molar-refractivity contribution in [1.29, 1.82) is 0 Å². The Hall–Kier alpha value is -0.470. The molecule has 0 amide bonds. The molecule has 0 spiro atoms. The summed E-state index contributed by atoms with van der Waals surface area (Å²) in [4.78, 5) is 0. The highest BCUT2D eigenvalue weighted by atomic mass is 32.1. The Morgan fingerprint density at radius 1 is 1.07 bits per heavy atom. The van der Waals surface area contributed by atoms with Gasteiger partial charge in [0.15, 0.2) is 0 Å². The lowest BCUT2D eigenvalue weighted by molar-refractivity contribution is 0.698. The summed E-state index contributed by atoms with van der Waals surface area (Å²) in [7, 11) is 0. The SMILES string of the molecule is CCC(N)c1ccc(C(S)CC)cc1. The molecule has 1 aromatic carbocycles. The van der Waals surface area contributed by atoms with E-state index in [0.717, 1.165) is 12.8 Å². The van der Waals surface area contributed by atoms with Crippen LogP contribution >= 0.6 is 12.6 Å². The van der Waals surface area contributed by atoms with Crippen molar-refractivity contribution in [3.8, 4) is 0 Å². The van der Waals surface area contributed by atoms with E-state index in [4.69, 9.17) is 5.73 Å². The average Bonchev–Trinajstić information content (AvgIpc) is 2.27. The van der Waals surface area contributed by atoms with Gasteiger partial charge in [-0.25, -0.2) is 0 Å². The largest absolute Gasteiger partial charge is 0.324 e. The van der Waals surface area contributed by atoms with Gasteiger partial charge < -0.3 is 5.73 Å². The minimum atomic E-state index is 0.170. The van der Waals surface area contributed by atoms with E-state index in [0.29, 0.717) is 5.25 Å². The van der Waals surface area contributed by atoms with Gasteiger partial charge in [0.05, 0.1) is 0 Å². The number of rotatable bonds is 4. The van der Waals surface area contributed by atoms with Gasteiger partial charge >= 0.3 is 0 Å². The third-order valence-corrected chi connectivity index (χ3v) is 3.24. The predicted molar refractivity (Wildman–Crippen MR) is 65.7 cm³/mol. The number of nitrogens with two attached hydrogens (primary N) is 1. The fourth-order valence-electron chi connectivity index (χ4n) is 1.44. The molecule has 2 unspecified atom stereocenters. The van der Waals surface area contributed by atoms with Crippen molar-refractivity contribution in [3.05, 3.63) is 35.4 Å². The van der Waals surface area contributed by atoms with Crippen molar-refractivity contribution in [2.24, 2.45) is 5.73 Å². The molecule has 78 valence electrons. The Kier molecular flexibility index (Phi) is 4.49. The summed E-state index contributed by atoms with van der Waals surface area (Å²) in [5, 5.41) is 0.349. The molecule has 0 radical (unpaired) electrons. The lowest BCUT2D eigenvalue weighted by Crippen LogP contribution is -2.08. The second kappa shape index (κ2) is 5.42. The van der Waals surface area contributed by atoms with Gasteiger partial charge in [-0.2, -0.15) is 12.6 Å². The number of hydrogen-bond donors (Lipinski definition) is 2. The van der Waals surface area contributed by atoms with E-state index in [9.17, 15) is 0 Å². The topological polar surface area (TPSA) is 26.0 Å². The Morgan fingerprint density at radius 3 is 2.00 bits per heavy atom. The third-order valence-electron chi connectivity index (χ3n) is 2.58. The van der Waals surface area contributed by atoms with Gasteiger partial charge in [0.25, 0.3) is 0 Å². The van der Waals surface area contributed by atoms with Crippen LogP contribution in [-0.2, 0) is 0 Å². The van der Waals surface area contributed by atoms with Crippen molar-refractivity contribution >= 4 is 12.6 Å². The molecule has 0 aromatic heterocycles. The molecular formula is C12H19NS. The van der Waals surface area contributed by atoms with E-state index in [1.165, 1.54) is 11.1 Å². The van der Waals surface area contributed by atoms with Crippen molar-refractivity contribution in [1.82, 2.24) is 0 Å². The van der Waals surface area contributed by atoms with E-state index in [1.807, 2.05) is 0 Å². The number of benzene rings is 1. The zero-order valence-electron chi connectivity index (χ0n) is 8.90. The first kappa shape index (κ1) is 11.6. The Bertz CT molecular complexity index is 239.